The highest BCUT2D eigenvalue weighted by Crippen LogP contribution is 2.49. The number of sulfone groups is 1. The van der Waals surface area contributed by atoms with E-state index in [1.807, 2.05) is 0 Å². The monoisotopic (exact) mass is 447 g/mol. The van der Waals surface area contributed by atoms with Crippen LogP contribution in [0.2, 0.25) is 0 Å². The van der Waals surface area contributed by atoms with Gasteiger partial charge in [-0.1, -0.05) is 0 Å². The maximum atomic E-state index is 12.4. The fourth-order valence-electron chi connectivity index (χ4n) is 3.14. The molecule has 3 N–H and O–H groups in total. The van der Waals surface area contributed by atoms with E-state index in [1.54, 1.807) is 0 Å². The molecule has 29 heavy (non-hydrogen) atoms. The Morgan fingerprint density at radius 3 is 2.07 bits per heavy atom. The number of hydrogen-bond acceptors (Lipinski definition) is 11. The number of aliphatic hydroxyl groups is 3. The third-order valence-electron chi connectivity index (χ3n) is 4.90. The number of ketones is 3. The number of pyridine rings is 1. The van der Waals surface area contributed by atoms with Gasteiger partial charge in [-0.3, -0.25) is 14.4 Å². The molecule has 1 aromatic rings. The molecule has 0 aliphatic carbocycles. The number of Topliss-reactive ketones (excluding diaryl/α,β-unsaturated/α-hetero) is 3. The molecule has 0 spiro atoms. The van der Waals surface area contributed by atoms with Crippen molar-refractivity contribution >= 4 is 38.9 Å². The van der Waals surface area contributed by atoms with Crippen LogP contribution in [0.4, 0.5) is 0 Å². The van der Waals surface area contributed by atoms with Crippen molar-refractivity contribution in [3.8, 4) is 5.75 Å². The van der Waals surface area contributed by atoms with E-state index in [0.717, 1.165) is 39.3 Å². The van der Waals surface area contributed by atoms with Gasteiger partial charge in [0.2, 0.25) is 5.60 Å². The Labute approximate surface area is 171 Å². The van der Waals surface area contributed by atoms with Crippen LogP contribution in [0, 0.1) is 0 Å². The highest BCUT2D eigenvalue weighted by Gasteiger charge is 2.75. The van der Waals surface area contributed by atoms with Crippen molar-refractivity contribution in [1.29, 1.82) is 0 Å². The van der Waals surface area contributed by atoms with Gasteiger partial charge in [0.15, 0.2) is 48.9 Å². The summed E-state index contributed by atoms with van der Waals surface area (Å²) in [5, 5.41) is 32.7. The molecule has 2 rings (SSSR count). The molecular formula is C17H21NO9S2. The van der Waals surface area contributed by atoms with Crippen LogP contribution in [0.25, 0.3) is 0 Å². The number of carbonyl (C=O) groups excluding carboxylic acids is 3. The number of rotatable bonds is 6. The molecule has 4 atom stereocenters. The van der Waals surface area contributed by atoms with Crippen LogP contribution in [0.1, 0.15) is 20.8 Å². The van der Waals surface area contributed by atoms with Gasteiger partial charge in [0.25, 0.3) is 0 Å². The average molecular weight is 447 g/mol. The van der Waals surface area contributed by atoms with Crippen LogP contribution in [0.3, 0.4) is 0 Å². The second-order valence-electron chi connectivity index (χ2n) is 6.87. The molecule has 0 radical (unpaired) electrons. The summed E-state index contributed by atoms with van der Waals surface area (Å²) in [6.07, 6.45) is 1.98. The molecule has 0 saturated carbocycles. The van der Waals surface area contributed by atoms with Crippen LogP contribution < -0.4 is 4.74 Å². The van der Waals surface area contributed by atoms with Crippen LogP contribution in [-0.2, 0) is 24.2 Å². The Hall–Kier alpha value is -1.86. The summed E-state index contributed by atoms with van der Waals surface area (Å²) < 4.78 is 28.5. The van der Waals surface area contributed by atoms with Gasteiger partial charge in [-0.15, -0.1) is 11.8 Å². The lowest BCUT2D eigenvalue weighted by Gasteiger charge is -2.54. The van der Waals surface area contributed by atoms with E-state index in [4.69, 9.17) is 4.74 Å². The molecular weight excluding hydrogens is 426 g/mol. The molecule has 10 nitrogen and oxygen atoms in total. The first-order valence-corrected chi connectivity index (χ1v) is 11.2. The molecule has 1 fully saturated rings. The Balaban J connectivity index is 2.55. The van der Waals surface area contributed by atoms with E-state index in [1.165, 1.54) is 6.07 Å². The van der Waals surface area contributed by atoms with Gasteiger partial charge >= 0.3 is 0 Å². The van der Waals surface area contributed by atoms with Crippen LogP contribution in [-0.4, -0.2) is 80.3 Å². The molecule has 0 unspecified atom stereocenters. The molecule has 1 aliphatic heterocycles. The SMILES string of the molecule is CC(=O)[C@]1(O)[C@@](O)(C(C)=O)CS[C@H](Oc2ccc(S(C)(=O)=O)nc2)[C@@]1(O)C(C)=O. The zero-order chi connectivity index (χ0) is 22.4. The molecule has 2 heterocycles. The first-order chi connectivity index (χ1) is 13.1. The largest absolute Gasteiger partial charge is 0.474 e. The molecule has 160 valence electrons. The number of thioether (sulfide) groups is 1. The minimum Gasteiger partial charge on any atom is -0.474 e. The van der Waals surface area contributed by atoms with Crippen molar-refractivity contribution in [3.63, 3.8) is 0 Å². The first-order valence-electron chi connectivity index (χ1n) is 8.27. The fraction of sp³-hybridized carbons (Fsp3) is 0.529. The quantitative estimate of drug-likeness (QED) is 0.484. The van der Waals surface area contributed by atoms with Crippen molar-refractivity contribution in [3.05, 3.63) is 18.3 Å². The van der Waals surface area contributed by atoms with Crippen LogP contribution in [0.15, 0.2) is 23.4 Å². The molecule has 1 saturated heterocycles. The smallest absolute Gasteiger partial charge is 0.208 e. The van der Waals surface area contributed by atoms with Gasteiger partial charge in [-0.25, -0.2) is 13.4 Å². The minimum absolute atomic E-state index is 0.0752. The van der Waals surface area contributed by atoms with E-state index in [0.29, 0.717) is 11.8 Å². The highest BCUT2D eigenvalue weighted by molar-refractivity contribution is 8.00. The normalized spacial score (nSPS) is 32.4. The van der Waals surface area contributed by atoms with Crippen molar-refractivity contribution in [1.82, 2.24) is 4.98 Å². The van der Waals surface area contributed by atoms with Crippen molar-refractivity contribution in [2.45, 2.75) is 48.0 Å². The molecule has 0 amide bonds. The van der Waals surface area contributed by atoms with Gasteiger partial charge in [0.1, 0.15) is 5.75 Å². The lowest BCUT2D eigenvalue weighted by Crippen LogP contribution is -2.82. The molecule has 0 aromatic carbocycles. The maximum absolute atomic E-state index is 12.4. The predicted molar refractivity (Wildman–Crippen MR) is 101 cm³/mol. The lowest BCUT2D eigenvalue weighted by atomic mass is 9.65. The number of ether oxygens (including phenoxy) is 1. The number of aromatic nitrogens is 1. The van der Waals surface area contributed by atoms with Crippen LogP contribution >= 0.6 is 11.8 Å². The van der Waals surface area contributed by atoms with Gasteiger partial charge in [-0.2, -0.15) is 0 Å². The zero-order valence-electron chi connectivity index (χ0n) is 16.1. The Kier molecular flexibility index (Phi) is 6.00. The second kappa shape index (κ2) is 7.43. The molecule has 1 aromatic heterocycles. The standard InChI is InChI=1S/C17H21NO9S2/c1-9(19)15(22)8-28-14(16(23,10(2)20)17(15,24)11(3)21)27-12-5-6-13(18-7-12)29(4,25)26/h5-7,14,22-24H,8H2,1-4H3/t14-,15-,16-,17-/m0/s1. The van der Waals surface area contributed by atoms with Crippen molar-refractivity contribution < 1.29 is 42.9 Å². The number of nitrogens with zero attached hydrogens (tertiary/aromatic N) is 1. The summed E-state index contributed by atoms with van der Waals surface area (Å²) in [7, 11) is -3.57. The maximum Gasteiger partial charge on any atom is 0.208 e. The predicted octanol–water partition coefficient (Wildman–Crippen LogP) is -1.10. The Morgan fingerprint density at radius 1 is 1.10 bits per heavy atom. The third kappa shape index (κ3) is 3.48. The minimum atomic E-state index is -3.57. The summed E-state index contributed by atoms with van der Waals surface area (Å²) in [5.74, 6) is -3.96. The van der Waals surface area contributed by atoms with E-state index in [9.17, 15) is 38.1 Å². The summed E-state index contributed by atoms with van der Waals surface area (Å²) in [5.41, 5.74) is -10.5. The van der Waals surface area contributed by atoms with Crippen LogP contribution in [0.5, 0.6) is 5.75 Å². The van der Waals surface area contributed by atoms with Gasteiger partial charge in [0, 0.05) is 12.0 Å². The molecule has 12 heteroatoms. The van der Waals surface area contributed by atoms with Crippen molar-refractivity contribution in [2.24, 2.45) is 0 Å². The molecule has 1 aliphatic rings. The number of carbonyl (C=O) groups is 3. The average Bonchev–Trinajstić information content (AvgIpc) is 2.61. The fourth-order valence-corrected chi connectivity index (χ4v) is 5.26. The van der Waals surface area contributed by atoms with E-state index in [-0.39, 0.29) is 10.8 Å². The topological polar surface area (TPSA) is 168 Å². The summed E-state index contributed by atoms with van der Waals surface area (Å²) in [4.78, 5) is 40.4. The highest BCUT2D eigenvalue weighted by atomic mass is 32.2. The Bertz CT molecular complexity index is 962. The summed E-state index contributed by atoms with van der Waals surface area (Å²) in [6, 6.07) is 2.34. The lowest BCUT2D eigenvalue weighted by molar-refractivity contribution is -0.236. The summed E-state index contributed by atoms with van der Waals surface area (Å²) >= 11 is 0.636. The van der Waals surface area contributed by atoms with E-state index in [2.05, 4.69) is 4.98 Å². The van der Waals surface area contributed by atoms with E-state index < -0.39 is 55.2 Å². The number of hydrogen-bond donors (Lipinski definition) is 3. The van der Waals surface area contributed by atoms with E-state index >= 15 is 0 Å². The summed E-state index contributed by atoms with van der Waals surface area (Å²) in [6.45, 7) is 2.63. The van der Waals surface area contributed by atoms with Crippen molar-refractivity contribution in [2.75, 3.05) is 12.0 Å². The van der Waals surface area contributed by atoms with Gasteiger partial charge in [0.05, 0.1) is 6.20 Å². The van der Waals surface area contributed by atoms with Gasteiger partial charge in [-0.05, 0) is 32.9 Å². The first kappa shape index (κ1) is 23.4. The van der Waals surface area contributed by atoms with Gasteiger partial charge < -0.3 is 20.1 Å². The zero-order valence-corrected chi connectivity index (χ0v) is 17.7. The Morgan fingerprint density at radius 2 is 1.69 bits per heavy atom. The third-order valence-corrected chi connectivity index (χ3v) is 7.22. The second-order valence-corrected chi connectivity index (χ2v) is 9.88. The molecule has 0 bridgehead atoms.